The van der Waals surface area contributed by atoms with Crippen molar-refractivity contribution >= 4 is 32.2 Å². The molecule has 2 aliphatic rings. The lowest BCUT2D eigenvalue weighted by Crippen LogP contribution is -2.36. The van der Waals surface area contributed by atoms with Gasteiger partial charge in [0.1, 0.15) is 5.75 Å². The summed E-state index contributed by atoms with van der Waals surface area (Å²) in [5.41, 5.74) is 1.70. The van der Waals surface area contributed by atoms with Crippen molar-refractivity contribution in [3.8, 4) is 17.0 Å². The minimum Gasteiger partial charge on any atom is -0.497 e. The van der Waals surface area contributed by atoms with E-state index in [4.69, 9.17) is 4.74 Å². The maximum atomic E-state index is 12.3. The fourth-order valence-electron chi connectivity index (χ4n) is 3.41. The van der Waals surface area contributed by atoms with Crippen molar-refractivity contribution in [3.05, 3.63) is 29.6 Å². The van der Waals surface area contributed by atoms with Crippen LogP contribution in [0, 0.1) is 5.92 Å². The van der Waals surface area contributed by atoms with Gasteiger partial charge < -0.3 is 4.74 Å². The van der Waals surface area contributed by atoms with Crippen LogP contribution >= 0.6 is 11.3 Å². The number of nitrogens with zero attached hydrogens (tertiary/aromatic N) is 2. The molecular weight excluding hydrogens is 348 g/mol. The first-order valence-electron chi connectivity index (χ1n) is 7.59. The molecule has 126 valence electrons. The second-order valence-electron chi connectivity index (χ2n) is 6.12. The van der Waals surface area contributed by atoms with Crippen LogP contribution in [-0.2, 0) is 14.6 Å². The molecule has 2 atom stereocenters. The normalized spacial score (nSPS) is 25.0. The molecule has 2 aliphatic heterocycles. The highest BCUT2D eigenvalue weighted by atomic mass is 32.2. The molecule has 1 aromatic heterocycles. The second-order valence-corrected chi connectivity index (χ2v) is 9.11. The molecule has 2 aromatic rings. The number of sulfone groups is 1. The van der Waals surface area contributed by atoms with Gasteiger partial charge in [0.2, 0.25) is 5.91 Å². The summed E-state index contributed by atoms with van der Waals surface area (Å²) < 4.78 is 28.8. The first-order valence-corrected chi connectivity index (χ1v) is 10.3. The molecule has 1 aromatic carbocycles. The third-order valence-electron chi connectivity index (χ3n) is 4.56. The molecule has 0 radical (unpaired) electrons. The predicted molar refractivity (Wildman–Crippen MR) is 92.1 cm³/mol. The van der Waals surface area contributed by atoms with Gasteiger partial charge in [-0.1, -0.05) is 0 Å². The van der Waals surface area contributed by atoms with Gasteiger partial charge in [-0.15, -0.1) is 11.3 Å². The maximum absolute atomic E-state index is 12.3. The van der Waals surface area contributed by atoms with Gasteiger partial charge in [0.15, 0.2) is 15.0 Å². The number of aromatic nitrogens is 1. The number of benzene rings is 1. The molecule has 0 unspecified atom stereocenters. The molecule has 1 amide bonds. The van der Waals surface area contributed by atoms with Crippen molar-refractivity contribution in [1.29, 1.82) is 0 Å². The molecule has 24 heavy (non-hydrogen) atoms. The lowest BCUT2D eigenvalue weighted by atomic mass is 10.1. The topological polar surface area (TPSA) is 76.6 Å². The predicted octanol–water partition coefficient (Wildman–Crippen LogP) is 1.97. The smallest absolute Gasteiger partial charge is 0.229 e. The number of rotatable bonds is 3. The van der Waals surface area contributed by atoms with Gasteiger partial charge in [0.05, 0.1) is 30.4 Å². The van der Waals surface area contributed by atoms with Crippen molar-refractivity contribution < 1.29 is 17.9 Å². The largest absolute Gasteiger partial charge is 0.497 e. The number of amides is 1. The number of hydrogen-bond donors (Lipinski definition) is 0. The monoisotopic (exact) mass is 364 g/mol. The highest BCUT2D eigenvalue weighted by Gasteiger charge is 2.50. The SMILES string of the molecule is COc1ccc(-c2csc(N3C(=O)C[C@@H]4CS(=O)(=O)C[C@H]43)n2)cc1. The first kappa shape index (κ1) is 15.6. The summed E-state index contributed by atoms with van der Waals surface area (Å²) >= 11 is 1.37. The zero-order chi connectivity index (χ0) is 16.9. The highest BCUT2D eigenvalue weighted by molar-refractivity contribution is 7.91. The zero-order valence-corrected chi connectivity index (χ0v) is 14.6. The van der Waals surface area contributed by atoms with Crippen molar-refractivity contribution in [2.75, 3.05) is 23.5 Å². The van der Waals surface area contributed by atoms with Crippen LogP contribution < -0.4 is 9.64 Å². The molecule has 0 spiro atoms. The van der Waals surface area contributed by atoms with Crippen molar-refractivity contribution in [3.63, 3.8) is 0 Å². The Kier molecular flexibility index (Phi) is 3.61. The van der Waals surface area contributed by atoms with Gasteiger partial charge in [0, 0.05) is 23.3 Å². The summed E-state index contributed by atoms with van der Waals surface area (Å²) in [5, 5.41) is 2.47. The quantitative estimate of drug-likeness (QED) is 0.832. The van der Waals surface area contributed by atoms with Crippen LogP contribution in [0.25, 0.3) is 11.3 Å². The summed E-state index contributed by atoms with van der Waals surface area (Å²) in [6.45, 7) is 0. The Balaban J connectivity index is 1.63. The van der Waals surface area contributed by atoms with E-state index >= 15 is 0 Å². The van der Waals surface area contributed by atoms with Crippen LogP contribution in [0.15, 0.2) is 29.6 Å². The summed E-state index contributed by atoms with van der Waals surface area (Å²) in [4.78, 5) is 18.5. The molecule has 2 saturated heterocycles. The van der Waals surface area contributed by atoms with Gasteiger partial charge >= 0.3 is 0 Å². The van der Waals surface area contributed by atoms with Crippen LogP contribution in [0.3, 0.4) is 0 Å². The molecule has 8 heteroatoms. The van der Waals surface area contributed by atoms with Crippen LogP contribution in [0.5, 0.6) is 5.75 Å². The summed E-state index contributed by atoms with van der Waals surface area (Å²) in [7, 11) is -1.44. The summed E-state index contributed by atoms with van der Waals surface area (Å²) in [5.74, 6) is 0.784. The molecule has 2 fully saturated rings. The number of carbonyl (C=O) groups is 1. The third kappa shape index (κ3) is 2.59. The number of fused-ring (bicyclic) bond motifs is 1. The van der Waals surface area contributed by atoms with Crippen LogP contribution in [0.1, 0.15) is 6.42 Å². The molecule has 0 N–H and O–H groups in total. The number of methoxy groups -OCH3 is 1. The van der Waals surface area contributed by atoms with E-state index in [-0.39, 0.29) is 29.4 Å². The van der Waals surface area contributed by atoms with E-state index in [9.17, 15) is 13.2 Å². The molecule has 0 bridgehead atoms. The van der Waals surface area contributed by atoms with E-state index in [1.165, 1.54) is 11.3 Å². The van der Waals surface area contributed by atoms with Crippen molar-refractivity contribution in [1.82, 2.24) is 4.98 Å². The average Bonchev–Trinajstić information content (AvgIpc) is 3.19. The number of ether oxygens (including phenoxy) is 1. The summed E-state index contributed by atoms with van der Waals surface area (Å²) in [6.07, 6.45) is 0.293. The molecular formula is C16H16N2O4S2. The van der Waals surface area contributed by atoms with Gasteiger partial charge in [-0.05, 0) is 24.3 Å². The maximum Gasteiger partial charge on any atom is 0.229 e. The van der Waals surface area contributed by atoms with Crippen molar-refractivity contribution in [2.45, 2.75) is 12.5 Å². The number of carbonyl (C=O) groups excluding carboxylic acids is 1. The Labute approximate surface area is 144 Å². The van der Waals surface area contributed by atoms with Crippen LogP contribution in [-0.4, -0.2) is 44.0 Å². The van der Waals surface area contributed by atoms with E-state index in [1.807, 2.05) is 29.6 Å². The van der Waals surface area contributed by atoms with Gasteiger partial charge in [0.25, 0.3) is 0 Å². The highest BCUT2D eigenvalue weighted by Crippen LogP contribution is 2.39. The first-order chi connectivity index (χ1) is 11.5. The van der Waals surface area contributed by atoms with E-state index in [2.05, 4.69) is 4.98 Å². The summed E-state index contributed by atoms with van der Waals surface area (Å²) in [6, 6.07) is 7.26. The van der Waals surface area contributed by atoms with Crippen LogP contribution in [0.2, 0.25) is 0 Å². The number of anilines is 1. The Bertz CT molecular complexity index is 889. The number of thiazole rings is 1. The van der Waals surface area contributed by atoms with Gasteiger partial charge in [-0.25, -0.2) is 13.4 Å². The number of hydrogen-bond acceptors (Lipinski definition) is 6. The van der Waals surface area contributed by atoms with E-state index < -0.39 is 9.84 Å². The molecule has 6 nitrogen and oxygen atoms in total. The Morgan fingerprint density at radius 2 is 2.00 bits per heavy atom. The second kappa shape index (κ2) is 5.56. The molecule has 0 aliphatic carbocycles. The van der Waals surface area contributed by atoms with Gasteiger partial charge in [-0.2, -0.15) is 0 Å². The standard InChI is InChI=1S/C16H16N2O4S2/c1-22-12-4-2-10(3-5-12)13-7-23-16(17-13)18-14-9-24(20,21)8-11(14)6-15(18)19/h2-5,7,11,14H,6,8-9H2,1H3/t11-,14-/m1/s1. The average molecular weight is 364 g/mol. The van der Waals surface area contributed by atoms with E-state index in [1.54, 1.807) is 12.0 Å². The van der Waals surface area contributed by atoms with Gasteiger partial charge in [-0.3, -0.25) is 9.69 Å². The lowest BCUT2D eigenvalue weighted by molar-refractivity contribution is -0.117. The van der Waals surface area contributed by atoms with Crippen molar-refractivity contribution in [2.24, 2.45) is 5.92 Å². The van der Waals surface area contributed by atoms with Crippen LogP contribution in [0.4, 0.5) is 5.13 Å². The molecule has 4 rings (SSSR count). The fraction of sp³-hybridized carbons (Fsp3) is 0.375. The zero-order valence-electron chi connectivity index (χ0n) is 13.0. The Hall–Kier alpha value is -1.93. The molecule has 0 saturated carbocycles. The Morgan fingerprint density at radius 1 is 1.25 bits per heavy atom. The fourth-order valence-corrected chi connectivity index (χ4v) is 6.38. The minimum absolute atomic E-state index is 0.0319. The third-order valence-corrected chi connectivity index (χ3v) is 7.18. The Morgan fingerprint density at radius 3 is 2.71 bits per heavy atom. The van der Waals surface area contributed by atoms with E-state index in [0.29, 0.717) is 11.6 Å². The lowest BCUT2D eigenvalue weighted by Gasteiger charge is -2.19. The minimum atomic E-state index is -3.05. The molecule has 3 heterocycles. The van der Waals surface area contributed by atoms with E-state index in [0.717, 1.165) is 17.0 Å².